The molecular formula is C7H15NO3. The molecule has 0 bridgehead atoms. The Hall–Kier alpha value is -0.160. The van der Waals surface area contributed by atoms with Gasteiger partial charge in [-0.3, -0.25) is 0 Å². The van der Waals surface area contributed by atoms with Crippen molar-refractivity contribution in [3.05, 3.63) is 0 Å². The lowest BCUT2D eigenvalue weighted by atomic mass is 9.91. The summed E-state index contributed by atoms with van der Waals surface area (Å²) in [7, 11) is 1.72. The lowest BCUT2D eigenvalue weighted by molar-refractivity contribution is -0.144. The number of hydrogen-bond donors (Lipinski definition) is 3. The molecular weight excluding hydrogens is 146 g/mol. The second-order valence-electron chi connectivity index (χ2n) is 3.21. The molecule has 4 nitrogen and oxygen atoms in total. The second-order valence-corrected chi connectivity index (χ2v) is 3.21. The van der Waals surface area contributed by atoms with E-state index in [1.807, 2.05) is 0 Å². The van der Waals surface area contributed by atoms with Gasteiger partial charge in [0.05, 0.1) is 25.4 Å². The molecule has 0 aliphatic carbocycles. The van der Waals surface area contributed by atoms with Gasteiger partial charge in [-0.1, -0.05) is 0 Å². The van der Waals surface area contributed by atoms with Gasteiger partial charge in [0.25, 0.3) is 0 Å². The molecule has 1 aliphatic heterocycles. The molecule has 0 aromatic heterocycles. The Balaban J connectivity index is 2.64. The van der Waals surface area contributed by atoms with E-state index in [4.69, 9.17) is 4.74 Å². The first-order valence-electron chi connectivity index (χ1n) is 3.73. The maximum atomic E-state index is 9.66. The van der Waals surface area contributed by atoms with Gasteiger partial charge in [0.15, 0.2) is 0 Å². The lowest BCUT2D eigenvalue weighted by Crippen LogP contribution is -2.61. The van der Waals surface area contributed by atoms with Crippen LogP contribution in [0.25, 0.3) is 0 Å². The van der Waals surface area contributed by atoms with E-state index < -0.39 is 11.7 Å². The summed E-state index contributed by atoms with van der Waals surface area (Å²) < 4.78 is 4.99. The van der Waals surface area contributed by atoms with E-state index in [0.717, 1.165) is 0 Å². The van der Waals surface area contributed by atoms with Crippen molar-refractivity contribution in [1.82, 2.24) is 5.32 Å². The number of aliphatic hydroxyl groups is 2. The normalized spacial score (nSPS) is 45.8. The minimum Gasteiger partial charge on any atom is -0.389 e. The molecule has 0 spiro atoms. The van der Waals surface area contributed by atoms with Crippen LogP contribution in [0.1, 0.15) is 6.92 Å². The van der Waals surface area contributed by atoms with Gasteiger partial charge in [-0.25, -0.2) is 0 Å². The summed E-state index contributed by atoms with van der Waals surface area (Å²) in [6.45, 7) is 2.22. The third-order valence-electron chi connectivity index (χ3n) is 2.05. The first kappa shape index (κ1) is 8.93. The van der Waals surface area contributed by atoms with Gasteiger partial charge in [-0.15, -0.1) is 0 Å². The highest BCUT2D eigenvalue weighted by atomic mass is 16.5. The van der Waals surface area contributed by atoms with Gasteiger partial charge in [-0.05, 0) is 14.0 Å². The molecule has 0 aromatic rings. The fourth-order valence-corrected chi connectivity index (χ4v) is 1.49. The molecule has 0 saturated carbocycles. The summed E-state index contributed by atoms with van der Waals surface area (Å²) in [6, 6.07) is -0.295. The van der Waals surface area contributed by atoms with E-state index in [9.17, 15) is 10.2 Å². The Kier molecular flexibility index (Phi) is 2.49. The van der Waals surface area contributed by atoms with E-state index in [1.165, 1.54) is 0 Å². The van der Waals surface area contributed by atoms with Crippen molar-refractivity contribution >= 4 is 0 Å². The molecule has 1 fully saturated rings. The Morgan fingerprint density at radius 2 is 2.27 bits per heavy atom. The molecule has 0 amide bonds. The molecule has 1 rings (SSSR count). The largest absolute Gasteiger partial charge is 0.389 e. The van der Waals surface area contributed by atoms with E-state index in [2.05, 4.69) is 5.32 Å². The van der Waals surface area contributed by atoms with E-state index in [1.54, 1.807) is 14.0 Å². The maximum absolute atomic E-state index is 9.66. The zero-order valence-electron chi connectivity index (χ0n) is 6.87. The summed E-state index contributed by atoms with van der Waals surface area (Å²) in [5.41, 5.74) is -0.966. The summed E-state index contributed by atoms with van der Waals surface area (Å²) in [6.07, 6.45) is -0.622. The zero-order chi connectivity index (χ0) is 8.48. The molecule has 66 valence electrons. The molecule has 0 radical (unpaired) electrons. The van der Waals surface area contributed by atoms with Crippen LogP contribution in [0.2, 0.25) is 0 Å². The highest BCUT2D eigenvalue weighted by Gasteiger charge is 2.39. The van der Waals surface area contributed by atoms with E-state index in [0.29, 0.717) is 6.61 Å². The summed E-state index contributed by atoms with van der Waals surface area (Å²) in [5, 5.41) is 21.9. The fraction of sp³-hybridized carbons (Fsp3) is 1.00. The molecule has 1 heterocycles. The highest BCUT2D eigenvalue weighted by molar-refractivity contribution is 4.94. The summed E-state index contributed by atoms with van der Waals surface area (Å²) in [5.74, 6) is 0. The molecule has 0 unspecified atom stereocenters. The third kappa shape index (κ3) is 1.70. The van der Waals surface area contributed by atoms with Crippen molar-refractivity contribution in [2.75, 3.05) is 20.3 Å². The first-order valence-corrected chi connectivity index (χ1v) is 3.73. The van der Waals surface area contributed by atoms with Crippen molar-refractivity contribution in [2.24, 2.45) is 0 Å². The Bertz CT molecular complexity index is 138. The van der Waals surface area contributed by atoms with Crippen LogP contribution >= 0.6 is 0 Å². The minimum atomic E-state index is -0.966. The van der Waals surface area contributed by atoms with Crippen molar-refractivity contribution in [2.45, 2.75) is 24.7 Å². The van der Waals surface area contributed by atoms with Gasteiger partial charge < -0.3 is 20.3 Å². The third-order valence-corrected chi connectivity index (χ3v) is 2.05. The van der Waals surface area contributed by atoms with E-state index in [-0.39, 0.29) is 12.6 Å². The van der Waals surface area contributed by atoms with Gasteiger partial charge >= 0.3 is 0 Å². The van der Waals surface area contributed by atoms with Crippen LogP contribution in [-0.4, -0.2) is 48.2 Å². The molecule has 1 saturated heterocycles. The van der Waals surface area contributed by atoms with Crippen molar-refractivity contribution < 1.29 is 14.9 Å². The molecule has 4 heteroatoms. The predicted molar refractivity (Wildman–Crippen MR) is 40.3 cm³/mol. The zero-order valence-corrected chi connectivity index (χ0v) is 6.87. The maximum Gasteiger partial charge on any atom is 0.103 e. The van der Waals surface area contributed by atoms with Crippen LogP contribution < -0.4 is 5.32 Å². The first-order chi connectivity index (χ1) is 5.08. The molecule has 3 N–H and O–H groups in total. The smallest absolute Gasteiger partial charge is 0.103 e. The van der Waals surface area contributed by atoms with Gasteiger partial charge in [0.2, 0.25) is 0 Å². The van der Waals surface area contributed by atoms with Crippen LogP contribution in [0.15, 0.2) is 0 Å². The summed E-state index contributed by atoms with van der Waals surface area (Å²) >= 11 is 0. The predicted octanol–water partition coefficient (Wildman–Crippen LogP) is -1.28. The van der Waals surface area contributed by atoms with Gasteiger partial charge in [0, 0.05) is 0 Å². The topological polar surface area (TPSA) is 61.7 Å². The highest BCUT2D eigenvalue weighted by Crippen LogP contribution is 2.18. The number of rotatable bonds is 1. The van der Waals surface area contributed by atoms with Gasteiger partial charge in [-0.2, -0.15) is 0 Å². The number of hydrogen-bond acceptors (Lipinski definition) is 4. The SMILES string of the molecule is CN[C@@H]1[C@@H](O)COC[C@]1(C)O. The number of nitrogens with one attached hydrogen (secondary N) is 1. The molecule has 11 heavy (non-hydrogen) atoms. The Morgan fingerprint density at radius 1 is 1.64 bits per heavy atom. The van der Waals surface area contributed by atoms with Crippen LogP contribution in [0.4, 0.5) is 0 Å². The van der Waals surface area contributed by atoms with E-state index >= 15 is 0 Å². The number of ether oxygens (including phenoxy) is 1. The Morgan fingerprint density at radius 3 is 2.64 bits per heavy atom. The molecule has 1 aliphatic rings. The molecule has 3 atom stereocenters. The van der Waals surface area contributed by atoms with Crippen molar-refractivity contribution in [3.63, 3.8) is 0 Å². The second kappa shape index (κ2) is 3.06. The van der Waals surface area contributed by atoms with Crippen molar-refractivity contribution in [1.29, 1.82) is 0 Å². The van der Waals surface area contributed by atoms with Crippen LogP contribution in [-0.2, 0) is 4.74 Å². The standard InChI is InChI=1S/C7H15NO3/c1-7(10)4-11-3-5(9)6(7)8-2/h5-6,8-10H,3-4H2,1-2H3/t5-,6+,7-/m0/s1. The minimum absolute atomic E-state index is 0.273. The lowest BCUT2D eigenvalue weighted by Gasteiger charge is -2.39. The van der Waals surface area contributed by atoms with Crippen LogP contribution in [0.5, 0.6) is 0 Å². The van der Waals surface area contributed by atoms with Crippen molar-refractivity contribution in [3.8, 4) is 0 Å². The average Bonchev–Trinajstić information content (AvgIpc) is 1.86. The van der Waals surface area contributed by atoms with Crippen LogP contribution in [0.3, 0.4) is 0 Å². The molecule has 0 aromatic carbocycles. The Labute approximate surface area is 66.2 Å². The van der Waals surface area contributed by atoms with Crippen LogP contribution in [0, 0.1) is 0 Å². The monoisotopic (exact) mass is 161 g/mol. The van der Waals surface area contributed by atoms with Gasteiger partial charge in [0.1, 0.15) is 5.60 Å². The number of aliphatic hydroxyl groups excluding tert-OH is 1. The summed E-state index contributed by atoms with van der Waals surface area (Å²) in [4.78, 5) is 0. The average molecular weight is 161 g/mol. The number of likely N-dealkylation sites (N-methyl/N-ethyl adjacent to an activating group) is 1. The fourth-order valence-electron chi connectivity index (χ4n) is 1.49. The quantitative estimate of drug-likeness (QED) is 0.448.